The Morgan fingerprint density at radius 3 is 2.16 bits per heavy atom. The van der Waals surface area contributed by atoms with Crippen LogP contribution in [0.4, 0.5) is 0 Å². The third-order valence-corrected chi connectivity index (χ3v) is 5.13. The summed E-state index contributed by atoms with van der Waals surface area (Å²) in [7, 11) is 0. The highest BCUT2D eigenvalue weighted by atomic mass is 32.1. The lowest BCUT2D eigenvalue weighted by atomic mass is 9.72. The lowest BCUT2D eigenvalue weighted by molar-refractivity contribution is -0.142. The Kier molecular flexibility index (Phi) is 4.49. The van der Waals surface area contributed by atoms with Gasteiger partial charge in [0.2, 0.25) is 5.91 Å². The highest BCUT2D eigenvalue weighted by Gasteiger charge is 2.45. The van der Waals surface area contributed by atoms with Gasteiger partial charge in [0.1, 0.15) is 0 Å². The molecule has 0 spiro atoms. The Morgan fingerprint density at radius 2 is 1.68 bits per heavy atom. The zero-order valence-corrected chi connectivity index (χ0v) is 13.0. The second kappa shape index (κ2) is 5.78. The van der Waals surface area contributed by atoms with Crippen LogP contribution in [0.3, 0.4) is 0 Å². The number of carbonyl (C=O) groups is 1. The highest BCUT2D eigenvalue weighted by molar-refractivity contribution is 7.80. The molecule has 0 aromatic heterocycles. The fourth-order valence-corrected chi connectivity index (χ4v) is 4.14. The van der Waals surface area contributed by atoms with Crippen LogP contribution >= 0.6 is 12.2 Å². The first kappa shape index (κ1) is 14.8. The molecule has 1 amide bonds. The van der Waals surface area contributed by atoms with E-state index in [9.17, 15) is 4.79 Å². The maximum absolute atomic E-state index is 13.0. The lowest BCUT2D eigenvalue weighted by Gasteiger charge is -2.43. The van der Waals surface area contributed by atoms with Gasteiger partial charge in [-0.05, 0) is 31.1 Å². The molecule has 1 aliphatic heterocycles. The highest BCUT2D eigenvalue weighted by Crippen LogP contribution is 2.39. The van der Waals surface area contributed by atoms with Crippen molar-refractivity contribution in [3.8, 4) is 0 Å². The van der Waals surface area contributed by atoms with Crippen LogP contribution in [0, 0.1) is 17.3 Å². The topological polar surface area (TPSA) is 46.3 Å². The van der Waals surface area contributed by atoms with Crippen molar-refractivity contribution in [3.05, 3.63) is 0 Å². The normalized spacial score (nSPS) is 30.9. The Hall–Kier alpha value is -0.640. The first-order chi connectivity index (χ1) is 8.95. The van der Waals surface area contributed by atoms with Crippen molar-refractivity contribution < 1.29 is 4.79 Å². The van der Waals surface area contributed by atoms with Crippen molar-refractivity contribution in [3.63, 3.8) is 0 Å². The van der Waals surface area contributed by atoms with Crippen LogP contribution in [0.25, 0.3) is 0 Å². The van der Waals surface area contributed by atoms with E-state index in [1.54, 1.807) is 0 Å². The van der Waals surface area contributed by atoms with E-state index in [1.165, 1.54) is 12.8 Å². The maximum Gasteiger partial charge on any atom is 0.235 e. The Morgan fingerprint density at radius 1 is 1.16 bits per heavy atom. The number of amides is 1. The predicted octanol–water partition coefficient (Wildman–Crippen LogP) is 2.73. The zero-order chi connectivity index (χ0) is 14.0. The smallest absolute Gasteiger partial charge is 0.235 e. The molecule has 2 fully saturated rings. The summed E-state index contributed by atoms with van der Waals surface area (Å²) in [6.45, 7) is 6.19. The van der Waals surface area contributed by atoms with Crippen LogP contribution in [0.2, 0.25) is 0 Å². The summed E-state index contributed by atoms with van der Waals surface area (Å²) in [6, 6.07) is 0. The van der Waals surface area contributed by atoms with Crippen LogP contribution in [-0.2, 0) is 4.79 Å². The molecule has 1 saturated heterocycles. The van der Waals surface area contributed by atoms with Gasteiger partial charge in [0.15, 0.2) is 0 Å². The van der Waals surface area contributed by atoms with Crippen LogP contribution in [0.15, 0.2) is 0 Å². The predicted molar refractivity (Wildman–Crippen MR) is 81.8 cm³/mol. The number of rotatable bonds is 2. The van der Waals surface area contributed by atoms with E-state index in [2.05, 4.69) is 13.8 Å². The van der Waals surface area contributed by atoms with Gasteiger partial charge in [-0.1, -0.05) is 45.3 Å². The van der Waals surface area contributed by atoms with Crippen molar-refractivity contribution in [1.82, 2.24) is 4.90 Å². The summed E-state index contributed by atoms with van der Waals surface area (Å²) in [5.74, 6) is 1.37. The molecule has 2 unspecified atom stereocenters. The minimum Gasteiger partial charge on any atom is -0.392 e. The number of hydrogen-bond donors (Lipinski definition) is 1. The summed E-state index contributed by atoms with van der Waals surface area (Å²) < 4.78 is 0. The van der Waals surface area contributed by atoms with Gasteiger partial charge in [-0.2, -0.15) is 0 Å². The molecule has 19 heavy (non-hydrogen) atoms. The molecule has 0 radical (unpaired) electrons. The van der Waals surface area contributed by atoms with Crippen molar-refractivity contribution in [2.24, 2.45) is 23.0 Å². The summed E-state index contributed by atoms with van der Waals surface area (Å²) in [5, 5.41) is 0. The van der Waals surface area contributed by atoms with Crippen molar-refractivity contribution in [2.45, 2.75) is 52.4 Å². The number of likely N-dealkylation sites (tertiary alicyclic amines) is 1. The molecule has 0 aromatic carbocycles. The number of nitrogens with zero attached hydrogens (tertiary/aromatic N) is 1. The van der Waals surface area contributed by atoms with Gasteiger partial charge in [-0.25, -0.2) is 0 Å². The van der Waals surface area contributed by atoms with Crippen molar-refractivity contribution in [2.75, 3.05) is 13.1 Å². The second-order valence-electron chi connectivity index (χ2n) is 6.66. The minimum absolute atomic E-state index is 0.207. The zero-order valence-electron chi connectivity index (χ0n) is 12.2. The van der Waals surface area contributed by atoms with E-state index >= 15 is 0 Å². The third-order valence-electron chi connectivity index (χ3n) is 4.74. The van der Waals surface area contributed by atoms with Crippen LogP contribution in [-0.4, -0.2) is 28.9 Å². The fourth-order valence-electron chi connectivity index (χ4n) is 3.85. The van der Waals surface area contributed by atoms with Gasteiger partial charge in [-0.15, -0.1) is 0 Å². The van der Waals surface area contributed by atoms with Crippen molar-refractivity contribution in [1.29, 1.82) is 0 Å². The Bertz CT molecular complexity index is 353. The van der Waals surface area contributed by atoms with E-state index < -0.39 is 5.41 Å². The second-order valence-corrected chi connectivity index (χ2v) is 7.10. The summed E-state index contributed by atoms with van der Waals surface area (Å²) >= 11 is 5.26. The van der Waals surface area contributed by atoms with E-state index in [1.807, 2.05) is 4.90 Å². The number of nitrogens with two attached hydrogens (primary N) is 1. The van der Waals surface area contributed by atoms with Gasteiger partial charge in [-0.3, -0.25) is 4.79 Å². The average Bonchev–Trinajstić information content (AvgIpc) is 2.37. The molecule has 2 N–H and O–H groups in total. The molecule has 1 aliphatic carbocycles. The first-order valence-electron chi connectivity index (χ1n) is 7.55. The quantitative estimate of drug-likeness (QED) is 0.792. The molecule has 3 nitrogen and oxygen atoms in total. The number of carbonyl (C=O) groups excluding carboxylic acids is 1. The Balaban J connectivity index is 2.17. The number of piperidine rings is 1. The number of thiocarbonyl (C=S) groups is 1. The van der Waals surface area contributed by atoms with E-state index in [0.29, 0.717) is 16.8 Å². The molecule has 2 atom stereocenters. The molecule has 1 saturated carbocycles. The molecule has 1 heterocycles. The van der Waals surface area contributed by atoms with E-state index in [0.717, 1.165) is 38.8 Å². The van der Waals surface area contributed by atoms with Gasteiger partial charge >= 0.3 is 0 Å². The molecule has 0 aromatic rings. The minimum atomic E-state index is -0.537. The fraction of sp³-hybridized carbons (Fsp3) is 0.867. The van der Waals surface area contributed by atoms with Crippen molar-refractivity contribution >= 4 is 23.1 Å². The molecule has 2 rings (SSSR count). The third kappa shape index (κ3) is 2.93. The number of hydrogen-bond acceptors (Lipinski definition) is 2. The Labute approximate surface area is 121 Å². The standard InChI is InChI=1S/C15H26N2OS/c1-11-8-12(2)10-17(9-11)14(18)15(13(16)19)6-4-3-5-7-15/h11-12H,3-10H2,1-2H3,(H2,16,19). The molecule has 0 bridgehead atoms. The van der Waals surface area contributed by atoms with Crippen LogP contribution in [0.5, 0.6) is 0 Å². The molecular weight excluding hydrogens is 256 g/mol. The molecular formula is C15H26N2OS. The SMILES string of the molecule is CC1CC(C)CN(C(=O)C2(C(N)=S)CCCCC2)C1. The summed E-state index contributed by atoms with van der Waals surface area (Å²) in [6.07, 6.45) is 6.25. The van der Waals surface area contributed by atoms with Crippen LogP contribution in [0.1, 0.15) is 52.4 Å². The first-order valence-corrected chi connectivity index (χ1v) is 7.96. The van der Waals surface area contributed by atoms with E-state index in [-0.39, 0.29) is 5.91 Å². The van der Waals surface area contributed by atoms with Gasteiger partial charge in [0.05, 0.1) is 10.4 Å². The maximum atomic E-state index is 13.0. The van der Waals surface area contributed by atoms with Gasteiger partial charge in [0.25, 0.3) is 0 Å². The van der Waals surface area contributed by atoms with Gasteiger partial charge < -0.3 is 10.6 Å². The largest absolute Gasteiger partial charge is 0.392 e. The summed E-state index contributed by atoms with van der Waals surface area (Å²) in [5.41, 5.74) is 5.43. The van der Waals surface area contributed by atoms with Crippen LogP contribution < -0.4 is 5.73 Å². The molecule has 108 valence electrons. The molecule has 4 heteroatoms. The molecule has 2 aliphatic rings. The monoisotopic (exact) mass is 282 g/mol. The lowest BCUT2D eigenvalue weighted by Crippen LogP contribution is -2.54. The van der Waals surface area contributed by atoms with Gasteiger partial charge in [0, 0.05) is 13.1 Å². The van der Waals surface area contributed by atoms with E-state index in [4.69, 9.17) is 18.0 Å². The average molecular weight is 282 g/mol. The summed E-state index contributed by atoms with van der Waals surface area (Å²) in [4.78, 5) is 15.4.